The topological polar surface area (TPSA) is 59.3 Å². The van der Waals surface area contributed by atoms with E-state index >= 15 is 0 Å². The quantitative estimate of drug-likeness (QED) is 0.547. The number of rotatable bonds is 4. The Morgan fingerprint density at radius 1 is 1.24 bits per heavy atom. The highest BCUT2D eigenvalue weighted by Crippen LogP contribution is 2.31. The highest BCUT2D eigenvalue weighted by atomic mass is 32.2. The minimum atomic E-state index is -0.186. The van der Waals surface area contributed by atoms with Crippen LogP contribution in [0.3, 0.4) is 0 Å². The van der Waals surface area contributed by atoms with Gasteiger partial charge in [0, 0.05) is 6.04 Å². The van der Waals surface area contributed by atoms with Gasteiger partial charge in [-0.15, -0.1) is 10.2 Å². The Morgan fingerprint density at radius 3 is 2.80 bits per heavy atom. The summed E-state index contributed by atoms with van der Waals surface area (Å²) >= 11 is 3.11. The lowest BCUT2D eigenvalue weighted by Crippen LogP contribution is -2.39. The fourth-order valence-corrected chi connectivity index (χ4v) is 5.28. The number of carbonyl (C=O) groups is 1. The Labute approximate surface area is 155 Å². The van der Waals surface area contributed by atoms with Crippen LogP contribution < -0.4 is 5.32 Å². The van der Waals surface area contributed by atoms with Crippen molar-refractivity contribution in [2.24, 2.45) is 0 Å². The van der Waals surface area contributed by atoms with Crippen LogP contribution >= 0.6 is 23.1 Å². The maximum atomic E-state index is 12.6. The fraction of sp³-hybridized carbons (Fsp3) is 0.500. The summed E-state index contributed by atoms with van der Waals surface area (Å²) in [6, 6.07) is 8.54. The number of fused-ring (bicyclic) bond motifs is 3. The highest BCUT2D eigenvalue weighted by molar-refractivity contribution is 8.00. The van der Waals surface area contributed by atoms with Crippen LogP contribution in [0.2, 0.25) is 0 Å². The SMILES string of the molecule is CC(Sc1nnc2sc3ccccc3n12)C(=O)NC1CCCCCC1. The van der Waals surface area contributed by atoms with Gasteiger partial charge < -0.3 is 5.32 Å². The van der Waals surface area contributed by atoms with Crippen molar-refractivity contribution in [3.8, 4) is 0 Å². The zero-order valence-electron chi connectivity index (χ0n) is 14.3. The third kappa shape index (κ3) is 3.53. The molecular weight excluding hydrogens is 352 g/mol. The van der Waals surface area contributed by atoms with Gasteiger partial charge in [0.25, 0.3) is 0 Å². The van der Waals surface area contributed by atoms with Crippen molar-refractivity contribution in [2.45, 2.75) is 61.9 Å². The normalized spacial score (nSPS) is 17.6. The lowest BCUT2D eigenvalue weighted by Gasteiger charge is -2.18. The van der Waals surface area contributed by atoms with Gasteiger partial charge in [0.1, 0.15) is 0 Å². The Kier molecular flexibility index (Phi) is 4.94. The van der Waals surface area contributed by atoms with Crippen molar-refractivity contribution in [3.63, 3.8) is 0 Å². The lowest BCUT2D eigenvalue weighted by molar-refractivity contribution is -0.121. The standard InChI is InChI=1S/C18H22N4OS2/c1-12(16(23)19-13-8-4-2-3-5-9-13)24-17-20-21-18-22(17)14-10-6-7-11-15(14)25-18/h6-7,10-13H,2-5,8-9H2,1H3,(H,19,23). The Balaban J connectivity index is 1.49. The zero-order valence-corrected chi connectivity index (χ0v) is 15.9. The zero-order chi connectivity index (χ0) is 17.2. The molecule has 0 aliphatic heterocycles. The molecule has 25 heavy (non-hydrogen) atoms. The molecule has 2 aromatic heterocycles. The van der Waals surface area contributed by atoms with Crippen LogP contribution in [-0.2, 0) is 4.79 Å². The van der Waals surface area contributed by atoms with E-state index in [1.165, 1.54) is 42.1 Å². The number of hydrogen-bond acceptors (Lipinski definition) is 5. The summed E-state index contributed by atoms with van der Waals surface area (Å²) in [5.74, 6) is 0.105. The van der Waals surface area contributed by atoms with Gasteiger partial charge in [-0.25, -0.2) is 0 Å². The van der Waals surface area contributed by atoms with Crippen LogP contribution in [0.25, 0.3) is 15.2 Å². The average molecular weight is 375 g/mol. The van der Waals surface area contributed by atoms with Gasteiger partial charge in [0.15, 0.2) is 5.16 Å². The minimum absolute atomic E-state index is 0.105. The number of para-hydroxylation sites is 1. The van der Waals surface area contributed by atoms with Gasteiger partial charge in [-0.2, -0.15) is 0 Å². The summed E-state index contributed by atoms with van der Waals surface area (Å²) in [5.41, 5.74) is 1.10. The van der Waals surface area contributed by atoms with Gasteiger partial charge in [-0.1, -0.05) is 60.9 Å². The number of nitrogens with one attached hydrogen (secondary N) is 1. The smallest absolute Gasteiger partial charge is 0.233 e. The Hall–Kier alpha value is -1.60. The summed E-state index contributed by atoms with van der Waals surface area (Å²) in [4.78, 5) is 13.5. The first-order chi connectivity index (χ1) is 12.2. The van der Waals surface area contributed by atoms with Crippen molar-refractivity contribution in [1.29, 1.82) is 0 Å². The van der Waals surface area contributed by atoms with Gasteiger partial charge >= 0.3 is 0 Å². The molecule has 3 aromatic rings. The second-order valence-electron chi connectivity index (χ2n) is 6.63. The molecule has 2 heterocycles. The molecule has 1 atom stereocenters. The predicted molar refractivity (Wildman–Crippen MR) is 103 cm³/mol. The minimum Gasteiger partial charge on any atom is -0.352 e. The second-order valence-corrected chi connectivity index (χ2v) is 8.94. The first-order valence-electron chi connectivity index (χ1n) is 8.92. The van der Waals surface area contributed by atoms with Crippen LogP contribution in [0, 0.1) is 0 Å². The van der Waals surface area contributed by atoms with E-state index in [4.69, 9.17) is 0 Å². The first kappa shape index (κ1) is 16.8. The van der Waals surface area contributed by atoms with Crippen molar-refractivity contribution < 1.29 is 4.79 Å². The fourth-order valence-electron chi connectivity index (χ4n) is 3.39. The second kappa shape index (κ2) is 7.33. The van der Waals surface area contributed by atoms with E-state index in [0.29, 0.717) is 6.04 Å². The predicted octanol–water partition coefficient (Wildman–Crippen LogP) is 4.26. The molecule has 0 saturated heterocycles. The molecule has 1 aliphatic rings. The third-order valence-corrected chi connectivity index (χ3v) is 6.82. The maximum Gasteiger partial charge on any atom is 0.233 e. The van der Waals surface area contributed by atoms with Crippen molar-refractivity contribution in [2.75, 3.05) is 0 Å². The van der Waals surface area contributed by atoms with Crippen LogP contribution in [-0.4, -0.2) is 31.8 Å². The van der Waals surface area contributed by atoms with Crippen molar-refractivity contribution in [1.82, 2.24) is 19.9 Å². The van der Waals surface area contributed by atoms with Gasteiger partial charge in [0.2, 0.25) is 10.9 Å². The molecule has 1 fully saturated rings. The van der Waals surface area contributed by atoms with E-state index in [2.05, 4.69) is 32.0 Å². The molecule has 5 nitrogen and oxygen atoms in total. The van der Waals surface area contributed by atoms with Crippen LogP contribution in [0.4, 0.5) is 0 Å². The number of aromatic nitrogens is 3. The molecule has 132 valence electrons. The number of carbonyl (C=O) groups excluding carboxylic acids is 1. The Morgan fingerprint density at radius 2 is 2.00 bits per heavy atom. The van der Waals surface area contributed by atoms with Gasteiger partial charge in [-0.3, -0.25) is 9.20 Å². The first-order valence-corrected chi connectivity index (χ1v) is 10.6. The molecule has 0 radical (unpaired) electrons. The molecule has 0 bridgehead atoms. The molecule has 1 saturated carbocycles. The van der Waals surface area contributed by atoms with Gasteiger partial charge in [-0.05, 0) is 31.9 Å². The molecule has 0 spiro atoms. The van der Waals surface area contributed by atoms with E-state index in [-0.39, 0.29) is 11.2 Å². The van der Waals surface area contributed by atoms with E-state index < -0.39 is 0 Å². The van der Waals surface area contributed by atoms with Crippen molar-refractivity contribution in [3.05, 3.63) is 24.3 Å². The summed E-state index contributed by atoms with van der Waals surface area (Å²) in [6.07, 6.45) is 7.23. The summed E-state index contributed by atoms with van der Waals surface area (Å²) < 4.78 is 3.24. The molecule has 1 aliphatic carbocycles. The number of hydrogen-bond donors (Lipinski definition) is 1. The molecule has 4 rings (SSSR count). The number of nitrogens with zero attached hydrogens (tertiary/aromatic N) is 3. The Bertz CT molecular complexity index is 880. The van der Waals surface area contributed by atoms with E-state index in [1.54, 1.807) is 11.3 Å². The number of thioether (sulfide) groups is 1. The highest BCUT2D eigenvalue weighted by Gasteiger charge is 2.22. The molecule has 1 aromatic carbocycles. The third-order valence-electron chi connectivity index (χ3n) is 4.76. The molecule has 1 N–H and O–H groups in total. The number of benzene rings is 1. The molecule has 7 heteroatoms. The van der Waals surface area contributed by atoms with Crippen LogP contribution in [0.1, 0.15) is 45.4 Å². The summed E-state index contributed by atoms with van der Waals surface area (Å²) in [5, 5.41) is 12.4. The largest absolute Gasteiger partial charge is 0.352 e. The van der Waals surface area contributed by atoms with E-state index in [1.807, 2.05) is 19.1 Å². The van der Waals surface area contributed by atoms with Gasteiger partial charge in [0.05, 0.1) is 15.5 Å². The molecular formula is C18H22N4OS2. The monoisotopic (exact) mass is 374 g/mol. The summed E-state index contributed by atoms with van der Waals surface area (Å²) in [6.45, 7) is 1.95. The van der Waals surface area contributed by atoms with Crippen molar-refractivity contribution >= 4 is 44.2 Å². The summed E-state index contributed by atoms with van der Waals surface area (Å²) in [7, 11) is 0. The number of thiazole rings is 1. The maximum absolute atomic E-state index is 12.6. The number of amides is 1. The molecule has 1 amide bonds. The van der Waals surface area contributed by atoms with Crippen LogP contribution in [0.15, 0.2) is 29.4 Å². The van der Waals surface area contributed by atoms with E-state index in [9.17, 15) is 4.79 Å². The van der Waals surface area contributed by atoms with E-state index in [0.717, 1.165) is 28.5 Å². The van der Waals surface area contributed by atoms with Crippen LogP contribution in [0.5, 0.6) is 0 Å². The average Bonchev–Trinajstić information content (AvgIpc) is 3.06. The molecule has 1 unspecified atom stereocenters. The lowest BCUT2D eigenvalue weighted by atomic mass is 10.1.